The molecule has 1 aromatic heterocycles. The van der Waals surface area contributed by atoms with Crippen LogP contribution in [0.2, 0.25) is 0 Å². The van der Waals surface area contributed by atoms with Crippen LogP contribution in [0.5, 0.6) is 5.75 Å². The van der Waals surface area contributed by atoms with E-state index < -0.39 is 0 Å². The number of hydrogen-bond acceptors (Lipinski definition) is 4. The van der Waals surface area contributed by atoms with Crippen molar-refractivity contribution in [2.24, 2.45) is 0 Å². The molecule has 0 aliphatic carbocycles. The Labute approximate surface area is 115 Å². The van der Waals surface area contributed by atoms with Crippen molar-refractivity contribution in [2.45, 2.75) is 51.9 Å². The summed E-state index contributed by atoms with van der Waals surface area (Å²) in [5.74, 6) is 0.831. The van der Waals surface area contributed by atoms with Gasteiger partial charge in [0.15, 0.2) is 5.75 Å². The van der Waals surface area contributed by atoms with Crippen molar-refractivity contribution in [3.05, 3.63) is 12.4 Å². The highest BCUT2D eigenvalue weighted by atomic mass is 16.5. The van der Waals surface area contributed by atoms with Gasteiger partial charge < -0.3 is 14.8 Å². The molecule has 1 aliphatic rings. The molecule has 2 rings (SSSR count). The Kier molecular flexibility index (Phi) is 5.66. The average Bonchev–Trinajstić information content (AvgIpc) is 3.05. The molecule has 0 bridgehead atoms. The molecule has 5 heteroatoms. The van der Waals surface area contributed by atoms with Gasteiger partial charge in [-0.05, 0) is 32.7 Å². The van der Waals surface area contributed by atoms with Crippen molar-refractivity contribution in [1.29, 1.82) is 0 Å². The lowest BCUT2D eigenvalue weighted by molar-refractivity contribution is 0.0186. The number of nitrogens with zero attached hydrogens (tertiary/aromatic N) is 2. The zero-order valence-corrected chi connectivity index (χ0v) is 12.0. The maximum atomic E-state index is 5.95. The Morgan fingerprint density at radius 3 is 3.00 bits per heavy atom. The fourth-order valence-corrected chi connectivity index (χ4v) is 2.27. The van der Waals surface area contributed by atoms with Gasteiger partial charge in [-0.3, -0.25) is 4.68 Å². The molecule has 1 aliphatic heterocycles. The van der Waals surface area contributed by atoms with Crippen LogP contribution in [0.1, 0.15) is 33.1 Å². The van der Waals surface area contributed by atoms with Crippen molar-refractivity contribution in [2.75, 3.05) is 19.7 Å². The van der Waals surface area contributed by atoms with Crippen molar-refractivity contribution in [3.63, 3.8) is 0 Å². The van der Waals surface area contributed by atoms with E-state index in [1.807, 2.05) is 10.9 Å². The highest BCUT2D eigenvalue weighted by Gasteiger charge is 2.25. The van der Waals surface area contributed by atoms with Crippen LogP contribution in [0.4, 0.5) is 0 Å². The summed E-state index contributed by atoms with van der Waals surface area (Å²) in [5, 5.41) is 7.59. The molecule has 0 saturated carbocycles. The first-order valence-electron chi connectivity index (χ1n) is 7.33. The number of rotatable bonds is 8. The summed E-state index contributed by atoms with van der Waals surface area (Å²) in [7, 11) is 0. The minimum atomic E-state index is 0.221. The van der Waals surface area contributed by atoms with E-state index in [1.54, 1.807) is 6.20 Å². The summed E-state index contributed by atoms with van der Waals surface area (Å²) in [6.07, 6.45) is 7.63. The molecule has 0 radical (unpaired) electrons. The molecule has 1 saturated heterocycles. The van der Waals surface area contributed by atoms with Gasteiger partial charge in [-0.1, -0.05) is 6.92 Å². The predicted molar refractivity (Wildman–Crippen MR) is 74.5 cm³/mol. The minimum Gasteiger partial charge on any atom is -0.488 e. The Morgan fingerprint density at radius 2 is 2.26 bits per heavy atom. The van der Waals surface area contributed by atoms with E-state index in [-0.39, 0.29) is 6.10 Å². The average molecular weight is 267 g/mol. The molecule has 19 heavy (non-hydrogen) atoms. The Balaban J connectivity index is 1.64. The summed E-state index contributed by atoms with van der Waals surface area (Å²) < 4.78 is 13.5. The molecular formula is C14H25N3O2. The second-order valence-electron chi connectivity index (χ2n) is 5.00. The van der Waals surface area contributed by atoms with Crippen molar-refractivity contribution in [3.8, 4) is 5.75 Å². The highest BCUT2D eigenvalue weighted by Crippen LogP contribution is 2.20. The van der Waals surface area contributed by atoms with E-state index in [0.717, 1.165) is 38.2 Å². The molecule has 1 aromatic rings. The summed E-state index contributed by atoms with van der Waals surface area (Å²) >= 11 is 0. The molecule has 108 valence electrons. The highest BCUT2D eigenvalue weighted by molar-refractivity contribution is 5.11. The first kappa shape index (κ1) is 14.3. The van der Waals surface area contributed by atoms with Crippen LogP contribution in [0.25, 0.3) is 0 Å². The lowest BCUT2D eigenvalue weighted by Crippen LogP contribution is -2.28. The van der Waals surface area contributed by atoms with E-state index >= 15 is 0 Å². The largest absolute Gasteiger partial charge is 0.488 e. The smallest absolute Gasteiger partial charge is 0.157 e. The van der Waals surface area contributed by atoms with Gasteiger partial charge in [-0.25, -0.2) is 0 Å². The lowest BCUT2D eigenvalue weighted by Gasteiger charge is -2.14. The Bertz CT molecular complexity index is 367. The molecule has 2 unspecified atom stereocenters. The summed E-state index contributed by atoms with van der Waals surface area (Å²) in [5.41, 5.74) is 0. The normalized spacial score (nSPS) is 22.8. The fourth-order valence-electron chi connectivity index (χ4n) is 2.27. The molecule has 2 heterocycles. The standard InChI is InChI=1S/C14H25N3O2/c1-3-7-15-8-12-5-6-13(19-12)11-18-14-9-16-17(4-2)10-14/h9-10,12-13,15H,3-8,11H2,1-2H3. The molecule has 0 aromatic carbocycles. The third-order valence-corrected chi connectivity index (χ3v) is 3.36. The third kappa shape index (κ3) is 4.51. The second kappa shape index (κ2) is 7.50. The molecule has 2 atom stereocenters. The summed E-state index contributed by atoms with van der Waals surface area (Å²) in [6.45, 7) is 7.75. The van der Waals surface area contributed by atoms with Gasteiger partial charge in [0.1, 0.15) is 6.61 Å². The topological polar surface area (TPSA) is 48.3 Å². The van der Waals surface area contributed by atoms with Crippen LogP contribution < -0.4 is 10.1 Å². The van der Waals surface area contributed by atoms with E-state index in [1.165, 1.54) is 6.42 Å². The monoisotopic (exact) mass is 267 g/mol. The maximum absolute atomic E-state index is 5.95. The van der Waals surface area contributed by atoms with Crippen molar-refractivity contribution in [1.82, 2.24) is 15.1 Å². The van der Waals surface area contributed by atoms with E-state index in [9.17, 15) is 0 Å². The minimum absolute atomic E-state index is 0.221. The van der Waals surface area contributed by atoms with E-state index in [0.29, 0.717) is 12.7 Å². The van der Waals surface area contributed by atoms with Crippen molar-refractivity contribution >= 4 is 0 Å². The number of hydrogen-bond donors (Lipinski definition) is 1. The summed E-state index contributed by atoms with van der Waals surface area (Å²) in [4.78, 5) is 0. The maximum Gasteiger partial charge on any atom is 0.157 e. The molecule has 1 N–H and O–H groups in total. The summed E-state index contributed by atoms with van der Waals surface area (Å²) in [6, 6.07) is 0. The lowest BCUT2D eigenvalue weighted by atomic mass is 10.2. The van der Waals surface area contributed by atoms with Gasteiger partial charge in [-0.15, -0.1) is 0 Å². The number of ether oxygens (including phenoxy) is 2. The van der Waals surface area contributed by atoms with Crippen LogP contribution in [-0.2, 0) is 11.3 Å². The number of aryl methyl sites for hydroxylation is 1. The first-order chi connectivity index (χ1) is 9.31. The third-order valence-electron chi connectivity index (χ3n) is 3.36. The van der Waals surface area contributed by atoms with Gasteiger partial charge in [0.2, 0.25) is 0 Å². The second-order valence-corrected chi connectivity index (χ2v) is 5.00. The zero-order chi connectivity index (χ0) is 13.5. The number of nitrogens with one attached hydrogen (secondary N) is 1. The zero-order valence-electron chi connectivity index (χ0n) is 12.0. The predicted octanol–water partition coefficient (Wildman–Crippen LogP) is 1.83. The van der Waals surface area contributed by atoms with Crippen molar-refractivity contribution < 1.29 is 9.47 Å². The SMILES string of the molecule is CCCNCC1CCC(COc2cnn(CC)c2)O1. The van der Waals surface area contributed by atoms with Gasteiger partial charge >= 0.3 is 0 Å². The van der Waals surface area contributed by atoms with E-state index in [4.69, 9.17) is 9.47 Å². The Morgan fingerprint density at radius 1 is 1.42 bits per heavy atom. The Hall–Kier alpha value is -1.07. The molecule has 1 fully saturated rings. The van der Waals surface area contributed by atoms with Gasteiger partial charge in [0.25, 0.3) is 0 Å². The van der Waals surface area contributed by atoms with Gasteiger partial charge in [0.05, 0.1) is 24.6 Å². The number of aromatic nitrogens is 2. The fraction of sp³-hybridized carbons (Fsp3) is 0.786. The molecular weight excluding hydrogens is 242 g/mol. The first-order valence-corrected chi connectivity index (χ1v) is 7.33. The van der Waals surface area contributed by atoms with Gasteiger partial charge in [0, 0.05) is 13.1 Å². The van der Waals surface area contributed by atoms with Crippen LogP contribution in [0.15, 0.2) is 12.4 Å². The van der Waals surface area contributed by atoms with Crippen LogP contribution in [0.3, 0.4) is 0 Å². The molecule has 0 amide bonds. The molecule has 0 spiro atoms. The van der Waals surface area contributed by atoms with Gasteiger partial charge in [-0.2, -0.15) is 5.10 Å². The van der Waals surface area contributed by atoms with E-state index in [2.05, 4.69) is 24.3 Å². The van der Waals surface area contributed by atoms with Crippen LogP contribution in [0, 0.1) is 0 Å². The van der Waals surface area contributed by atoms with Crippen LogP contribution in [-0.4, -0.2) is 41.7 Å². The quantitative estimate of drug-likeness (QED) is 0.730. The molecule has 5 nitrogen and oxygen atoms in total. The van der Waals surface area contributed by atoms with Crippen LogP contribution >= 0.6 is 0 Å².